The summed E-state index contributed by atoms with van der Waals surface area (Å²) in [6.07, 6.45) is 1.52. The van der Waals surface area contributed by atoms with Gasteiger partial charge in [0.25, 0.3) is 0 Å². The summed E-state index contributed by atoms with van der Waals surface area (Å²) in [6.45, 7) is 10.5. The Morgan fingerprint density at radius 3 is 2.35 bits per heavy atom. The van der Waals surface area contributed by atoms with Crippen molar-refractivity contribution in [3.05, 3.63) is 75.2 Å². The molecule has 0 aromatic heterocycles. The number of carbonyl (C=O) groups is 1. The van der Waals surface area contributed by atoms with Crippen molar-refractivity contribution in [2.45, 2.75) is 52.4 Å². The maximum Gasteiger partial charge on any atom is 0.492 e. The smallest absolute Gasteiger partial charge is 0.445 e. The Morgan fingerprint density at radius 2 is 1.71 bits per heavy atom. The number of halogens is 1. The molecular formula is C24H29BBrNO4. The summed E-state index contributed by atoms with van der Waals surface area (Å²) < 4.78 is 18.8. The number of nitrogens with one attached hydrogen (secondary N) is 1. The fourth-order valence-corrected chi connectivity index (χ4v) is 3.51. The molecule has 0 aliphatic carbocycles. The Morgan fingerprint density at radius 1 is 1.06 bits per heavy atom. The molecule has 2 aromatic rings. The highest BCUT2D eigenvalue weighted by Gasteiger charge is 2.52. The van der Waals surface area contributed by atoms with Crippen LogP contribution in [-0.2, 0) is 20.7 Å². The van der Waals surface area contributed by atoms with Crippen LogP contribution in [0.3, 0.4) is 0 Å². The molecule has 1 fully saturated rings. The second-order valence-electron chi connectivity index (χ2n) is 8.68. The minimum absolute atomic E-state index is 0.215. The van der Waals surface area contributed by atoms with Crippen LogP contribution in [0.5, 0.6) is 0 Å². The molecule has 164 valence electrons. The maximum absolute atomic E-state index is 12.3. The van der Waals surface area contributed by atoms with Gasteiger partial charge in [0, 0.05) is 11.0 Å². The summed E-state index contributed by atoms with van der Waals surface area (Å²) >= 11 is 3.58. The molecule has 0 radical (unpaired) electrons. The van der Waals surface area contributed by atoms with Gasteiger partial charge in [-0.25, -0.2) is 4.79 Å². The van der Waals surface area contributed by atoms with E-state index in [1.165, 1.54) is 0 Å². The summed E-state index contributed by atoms with van der Waals surface area (Å²) in [5.41, 5.74) is 2.93. The standard InChI is InChI=1S/C24H29BBrNO4/c1-17-19(12-9-13-21(17)26)14-20(25-30-23(2,3)24(4,5)31-25)15-27-22(28)29-16-18-10-7-6-8-11-18/h6-14H,15-16H2,1-5H3,(H,27,28). The van der Waals surface area contributed by atoms with Crippen LogP contribution >= 0.6 is 15.9 Å². The molecule has 7 heteroatoms. The molecule has 0 bridgehead atoms. The van der Waals surface area contributed by atoms with Crippen LogP contribution in [0, 0.1) is 6.92 Å². The van der Waals surface area contributed by atoms with E-state index in [-0.39, 0.29) is 13.2 Å². The zero-order chi connectivity index (χ0) is 22.6. The molecule has 2 aromatic carbocycles. The number of rotatable bonds is 6. The molecule has 31 heavy (non-hydrogen) atoms. The molecule has 0 saturated carbocycles. The topological polar surface area (TPSA) is 56.8 Å². The quantitative estimate of drug-likeness (QED) is 0.533. The van der Waals surface area contributed by atoms with Crippen molar-refractivity contribution >= 4 is 35.2 Å². The Kier molecular flexibility index (Phi) is 7.29. The van der Waals surface area contributed by atoms with Gasteiger partial charge in [0.2, 0.25) is 0 Å². The minimum Gasteiger partial charge on any atom is -0.445 e. The second kappa shape index (κ2) is 9.59. The van der Waals surface area contributed by atoms with E-state index in [1.807, 2.05) is 89.2 Å². The Balaban J connectivity index is 1.75. The van der Waals surface area contributed by atoms with Crippen LogP contribution in [0.25, 0.3) is 6.08 Å². The molecule has 1 aliphatic heterocycles. The van der Waals surface area contributed by atoms with E-state index in [1.54, 1.807) is 0 Å². The van der Waals surface area contributed by atoms with Crippen molar-refractivity contribution in [1.29, 1.82) is 0 Å². The minimum atomic E-state index is -0.571. The molecule has 1 N–H and O–H groups in total. The SMILES string of the molecule is Cc1c(Br)cccc1C=C(CNC(=O)OCc1ccccc1)B1OC(C)(C)C(C)(C)O1. The van der Waals surface area contributed by atoms with Gasteiger partial charge < -0.3 is 19.4 Å². The molecule has 0 spiro atoms. The van der Waals surface area contributed by atoms with E-state index in [2.05, 4.69) is 21.2 Å². The van der Waals surface area contributed by atoms with E-state index in [4.69, 9.17) is 14.0 Å². The van der Waals surface area contributed by atoms with Crippen LogP contribution in [0.2, 0.25) is 0 Å². The van der Waals surface area contributed by atoms with Crippen LogP contribution in [0.15, 0.2) is 58.5 Å². The van der Waals surface area contributed by atoms with Gasteiger partial charge in [0.05, 0.1) is 11.2 Å². The second-order valence-corrected chi connectivity index (χ2v) is 9.53. The average molecular weight is 486 g/mol. The van der Waals surface area contributed by atoms with Crippen molar-refractivity contribution in [3.63, 3.8) is 0 Å². The van der Waals surface area contributed by atoms with Gasteiger partial charge in [-0.3, -0.25) is 0 Å². The number of carbonyl (C=O) groups excluding carboxylic acids is 1. The van der Waals surface area contributed by atoms with Gasteiger partial charge in [-0.1, -0.05) is 64.5 Å². The van der Waals surface area contributed by atoms with Gasteiger partial charge >= 0.3 is 13.2 Å². The first-order valence-electron chi connectivity index (χ1n) is 10.3. The van der Waals surface area contributed by atoms with E-state index < -0.39 is 24.4 Å². The fraction of sp³-hybridized carbons (Fsp3) is 0.375. The highest BCUT2D eigenvalue weighted by Crippen LogP contribution is 2.39. The summed E-state index contributed by atoms with van der Waals surface area (Å²) in [4.78, 5) is 12.3. The van der Waals surface area contributed by atoms with Crippen LogP contribution < -0.4 is 5.32 Å². The van der Waals surface area contributed by atoms with Crippen molar-refractivity contribution < 1.29 is 18.8 Å². The van der Waals surface area contributed by atoms with Gasteiger partial charge in [-0.15, -0.1) is 0 Å². The molecule has 0 unspecified atom stereocenters. The summed E-state index contributed by atoms with van der Waals surface area (Å²) in [6, 6.07) is 15.6. The summed E-state index contributed by atoms with van der Waals surface area (Å²) in [7, 11) is -0.571. The van der Waals surface area contributed by atoms with Gasteiger partial charge in [0.15, 0.2) is 0 Å². The third-order valence-electron chi connectivity index (χ3n) is 5.86. The van der Waals surface area contributed by atoms with Crippen LogP contribution in [0.1, 0.15) is 44.4 Å². The lowest BCUT2D eigenvalue weighted by atomic mass is 9.76. The highest BCUT2D eigenvalue weighted by atomic mass is 79.9. The summed E-state index contributed by atoms with van der Waals surface area (Å²) in [5, 5.41) is 2.84. The normalized spacial score (nSPS) is 17.5. The Bertz CT molecular complexity index is 943. The van der Waals surface area contributed by atoms with E-state index in [0.717, 1.165) is 26.6 Å². The highest BCUT2D eigenvalue weighted by molar-refractivity contribution is 9.10. The van der Waals surface area contributed by atoms with Crippen molar-refractivity contribution in [1.82, 2.24) is 5.32 Å². The first-order chi connectivity index (χ1) is 14.6. The van der Waals surface area contributed by atoms with Crippen molar-refractivity contribution in [2.24, 2.45) is 0 Å². The molecule has 5 nitrogen and oxygen atoms in total. The van der Waals surface area contributed by atoms with Crippen molar-refractivity contribution in [2.75, 3.05) is 6.54 Å². The third kappa shape index (κ3) is 5.79. The monoisotopic (exact) mass is 485 g/mol. The number of alkyl carbamates (subject to hydrolysis) is 1. The number of ether oxygens (including phenoxy) is 1. The van der Waals surface area contributed by atoms with Crippen LogP contribution in [-0.4, -0.2) is 31.0 Å². The first kappa shape index (κ1) is 23.6. The number of hydrogen-bond donors (Lipinski definition) is 1. The number of benzene rings is 2. The maximum atomic E-state index is 12.3. The van der Waals surface area contributed by atoms with Crippen LogP contribution in [0.4, 0.5) is 4.79 Å². The predicted octanol–water partition coefficient (Wildman–Crippen LogP) is 5.70. The van der Waals surface area contributed by atoms with Gasteiger partial charge in [-0.2, -0.15) is 0 Å². The van der Waals surface area contributed by atoms with E-state index in [0.29, 0.717) is 0 Å². The predicted molar refractivity (Wildman–Crippen MR) is 128 cm³/mol. The molecule has 1 aliphatic rings. The van der Waals surface area contributed by atoms with E-state index in [9.17, 15) is 4.79 Å². The lowest BCUT2D eigenvalue weighted by Crippen LogP contribution is -2.41. The molecule has 1 amide bonds. The van der Waals surface area contributed by atoms with E-state index >= 15 is 0 Å². The average Bonchev–Trinajstić information content (AvgIpc) is 2.94. The number of amides is 1. The lowest BCUT2D eigenvalue weighted by Gasteiger charge is -2.32. The number of hydrogen-bond acceptors (Lipinski definition) is 4. The molecule has 0 atom stereocenters. The summed E-state index contributed by atoms with van der Waals surface area (Å²) in [5.74, 6) is 0. The Labute approximate surface area is 193 Å². The van der Waals surface area contributed by atoms with Gasteiger partial charge in [0.1, 0.15) is 6.61 Å². The van der Waals surface area contributed by atoms with Gasteiger partial charge in [-0.05, 0) is 62.8 Å². The zero-order valence-corrected chi connectivity index (χ0v) is 20.3. The molecule has 1 heterocycles. The Hall–Kier alpha value is -2.09. The fourth-order valence-electron chi connectivity index (χ4n) is 3.13. The zero-order valence-electron chi connectivity index (χ0n) is 18.7. The molecular weight excluding hydrogens is 457 g/mol. The first-order valence-corrected chi connectivity index (χ1v) is 11.1. The molecule has 1 saturated heterocycles. The van der Waals surface area contributed by atoms with Crippen molar-refractivity contribution in [3.8, 4) is 0 Å². The third-order valence-corrected chi connectivity index (χ3v) is 6.72. The largest absolute Gasteiger partial charge is 0.492 e. The molecule has 3 rings (SSSR count). The lowest BCUT2D eigenvalue weighted by molar-refractivity contribution is 0.00578.